The molecule has 0 amide bonds. The number of allylic oxidation sites excluding steroid dienone is 1. The number of benzene rings is 1. The van der Waals surface area contributed by atoms with Crippen molar-refractivity contribution in [2.24, 2.45) is 0 Å². The fourth-order valence-electron chi connectivity index (χ4n) is 2.65. The standard InChI is InChI=1S/C17H17O/c1-3-6-13-9-10-18-17(13)16-11-14-7-4-5-8-15(14)12(16)2/h4-5,7-11H,3,6H2,1-2H3. The van der Waals surface area contributed by atoms with Gasteiger partial charge in [0.25, 0.3) is 0 Å². The minimum atomic E-state index is 1.05. The average molecular weight is 237 g/mol. The van der Waals surface area contributed by atoms with E-state index in [1.54, 1.807) is 6.26 Å². The third-order valence-electron chi connectivity index (χ3n) is 3.58. The SMILES string of the molecule is CCCc1ccoc1C1=Cc2ccccc2[C]1C. The van der Waals surface area contributed by atoms with Gasteiger partial charge in [0.2, 0.25) is 0 Å². The molecule has 1 radical (unpaired) electrons. The van der Waals surface area contributed by atoms with Crippen LogP contribution in [0.4, 0.5) is 0 Å². The zero-order chi connectivity index (χ0) is 12.5. The monoisotopic (exact) mass is 237 g/mol. The van der Waals surface area contributed by atoms with Crippen LogP contribution in [0.2, 0.25) is 0 Å². The molecule has 3 rings (SSSR count). The van der Waals surface area contributed by atoms with Crippen LogP contribution in [-0.4, -0.2) is 0 Å². The molecular weight excluding hydrogens is 220 g/mol. The zero-order valence-corrected chi connectivity index (χ0v) is 10.9. The third-order valence-corrected chi connectivity index (χ3v) is 3.58. The molecule has 2 aromatic rings. The van der Waals surface area contributed by atoms with E-state index in [0.29, 0.717) is 0 Å². The zero-order valence-electron chi connectivity index (χ0n) is 10.9. The normalized spacial score (nSPS) is 14.7. The van der Waals surface area contributed by atoms with Gasteiger partial charge in [0, 0.05) is 11.5 Å². The summed E-state index contributed by atoms with van der Waals surface area (Å²) in [7, 11) is 0. The Morgan fingerprint density at radius 2 is 1.94 bits per heavy atom. The smallest absolute Gasteiger partial charge is 0.133 e. The number of aryl methyl sites for hydroxylation is 1. The maximum absolute atomic E-state index is 5.71. The Morgan fingerprint density at radius 3 is 2.72 bits per heavy atom. The fourth-order valence-corrected chi connectivity index (χ4v) is 2.65. The lowest BCUT2D eigenvalue weighted by Gasteiger charge is -2.09. The fraction of sp³-hybridized carbons (Fsp3) is 0.235. The molecule has 18 heavy (non-hydrogen) atoms. The molecular formula is C17H17O. The maximum atomic E-state index is 5.71. The summed E-state index contributed by atoms with van der Waals surface area (Å²) in [6.07, 6.45) is 6.26. The van der Waals surface area contributed by atoms with E-state index in [0.717, 1.165) is 18.6 Å². The summed E-state index contributed by atoms with van der Waals surface area (Å²) in [6.45, 7) is 4.38. The summed E-state index contributed by atoms with van der Waals surface area (Å²) in [5.74, 6) is 2.36. The van der Waals surface area contributed by atoms with Crippen LogP contribution >= 0.6 is 0 Å². The van der Waals surface area contributed by atoms with Crippen LogP contribution in [0.25, 0.3) is 11.6 Å². The van der Waals surface area contributed by atoms with Crippen molar-refractivity contribution in [3.05, 3.63) is 65.0 Å². The Labute approximate surface area is 108 Å². The van der Waals surface area contributed by atoms with Gasteiger partial charge in [-0.1, -0.05) is 44.5 Å². The average Bonchev–Trinajstić information content (AvgIpc) is 2.96. The van der Waals surface area contributed by atoms with Gasteiger partial charge in [-0.2, -0.15) is 0 Å². The first-order valence-electron chi connectivity index (χ1n) is 6.53. The van der Waals surface area contributed by atoms with E-state index >= 15 is 0 Å². The van der Waals surface area contributed by atoms with Gasteiger partial charge in [-0.25, -0.2) is 0 Å². The van der Waals surface area contributed by atoms with Gasteiger partial charge >= 0.3 is 0 Å². The molecule has 0 fully saturated rings. The van der Waals surface area contributed by atoms with Crippen LogP contribution in [0.1, 0.15) is 42.7 Å². The van der Waals surface area contributed by atoms with Crippen molar-refractivity contribution in [1.29, 1.82) is 0 Å². The van der Waals surface area contributed by atoms with Crippen molar-refractivity contribution in [2.45, 2.75) is 26.7 Å². The largest absolute Gasteiger partial charge is 0.464 e. The number of furan rings is 1. The van der Waals surface area contributed by atoms with Crippen LogP contribution in [0.15, 0.2) is 41.0 Å². The Hall–Kier alpha value is -1.76. The molecule has 0 bridgehead atoms. The van der Waals surface area contributed by atoms with Crippen molar-refractivity contribution < 1.29 is 4.42 Å². The molecule has 91 valence electrons. The van der Waals surface area contributed by atoms with Crippen molar-refractivity contribution in [3.63, 3.8) is 0 Å². The number of hydrogen-bond acceptors (Lipinski definition) is 1. The molecule has 1 heterocycles. The first-order valence-corrected chi connectivity index (χ1v) is 6.53. The van der Waals surface area contributed by atoms with Crippen molar-refractivity contribution in [3.8, 4) is 0 Å². The van der Waals surface area contributed by atoms with Crippen LogP contribution < -0.4 is 0 Å². The maximum Gasteiger partial charge on any atom is 0.133 e. The number of hydrogen-bond donors (Lipinski definition) is 0. The van der Waals surface area contributed by atoms with Gasteiger partial charge in [0.1, 0.15) is 5.76 Å². The molecule has 0 atom stereocenters. The summed E-state index contributed by atoms with van der Waals surface area (Å²) in [5.41, 5.74) is 5.18. The second-order valence-corrected chi connectivity index (χ2v) is 4.80. The first kappa shape index (κ1) is 11.3. The molecule has 1 aromatic heterocycles. The van der Waals surface area contributed by atoms with Crippen LogP contribution in [0.5, 0.6) is 0 Å². The first-order chi connectivity index (χ1) is 8.81. The van der Waals surface area contributed by atoms with Crippen LogP contribution in [0, 0.1) is 5.92 Å². The second-order valence-electron chi connectivity index (χ2n) is 4.80. The summed E-state index contributed by atoms with van der Waals surface area (Å²) < 4.78 is 5.71. The van der Waals surface area contributed by atoms with E-state index in [-0.39, 0.29) is 0 Å². The molecule has 0 aliphatic heterocycles. The molecule has 0 unspecified atom stereocenters. The molecule has 0 saturated carbocycles. The minimum absolute atomic E-state index is 1.05. The van der Waals surface area contributed by atoms with Crippen LogP contribution in [-0.2, 0) is 6.42 Å². The Balaban J connectivity index is 2.02. The number of rotatable bonds is 3. The Bertz CT molecular complexity index is 589. The molecule has 1 aliphatic carbocycles. The predicted molar refractivity (Wildman–Crippen MR) is 75.0 cm³/mol. The Morgan fingerprint density at radius 1 is 1.11 bits per heavy atom. The van der Waals surface area contributed by atoms with Gasteiger partial charge in [0.05, 0.1) is 6.26 Å². The summed E-state index contributed by atoms with van der Waals surface area (Å²) in [6, 6.07) is 10.6. The van der Waals surface area contributed by atoms with Gasteiger partial charge in [-0.3, -0.25) is 0 Å². The summed E-state index contributed by atoms with van der Waals surface area (Å²) in [4.78, 5) is 0. The topological polar surface area (TPSA) is 13.1 Å². The summed E-state index contributed by atoms with van der Waals surface area (Å²) >= 11 is 0. The van der Waals surface area contributed by atoms with Gasteiger partial charge in [-0.05, 0) is 35.3 Å². The van der Waals surface area contributed by atoms with Gasteiger partial charge < -0.3 is 4.42 Å². The highest BCUT2D eigenvalue weighted by molar-refractivity contribution is 5.97. The summed E-state index contributed by atoms with van der Waals surface area (Å²) in [5, 5.41) is 0. The molecule has 1 aliphatic rings. The quantitative estimate of drug-likeness (QED) is 0.752. The van der Waals surface area contributed by atoms with Gasteiger partial charge in [0.15, 0.2) is 0 Å². The van der Waals surface area contributed by atoms with E-state index in [4.69, 9.17) is 4.42 Å². The highest BCUT2D eigenvalue weighted by Crippen LogP contribution is 2.42. The lowest BCUT2D eigenvalue weighted by molar-refractivity contribution is 0.548. The molecule has 1 nitrogen and oxygen atoms in total. The predicted octanol–water partition coefficient (Wildman–Crippen LogP) is 4.73. The van der Waals surface area contributed by atoms with E-state index in [1.165, 1.54) is 28.2 Å². The van der Waals surface area contributed by atoms with E-state index in [1.807, 2.05) is 0 Å². The van der Waals surface area contributed by atoms with Crippen molar-refractivity contribution >= 4 is 11.6 Å². The highest BCUT2D eigenvalue weighted by atomic mass is 16.3. The Kier molecular flexibility index (Phi) is 2.83. The lowest BCUT2D eigenvalue weighted by Crippen LogP contribution is -1.95. The minimum Gasteiger partial charge on any atom is -0.464 e. The third kappa shape index (κ3) is 1.71. The van der Waals surface area contributed by atoms with Crippen molar-refractivity contribution in [1.82, 2.24) is 0 Å². The highest BCUT2D eigenvalue weighted by Gasteiger charge is 2.25. The molecule has 0 saturated heterocycles. The molecule has 1 aromatic carbocycles. The molecule has 0 N–H and O–H groups in total. The van der Waals surface area contributed by atoms with Crippen molar-refractivity contribution in [2.75, 3.05) is 0 Å². The number of fused-ring (bicyclic) bond motifs is 1. The lowest BCUT2D eigenvalue weighted by atomic mass is 9.94. The molecule has 0 spiro atoms. The van der Waals surface area contributed by atoms with E-state index < -0.39 is 0 Å². The van der Waals surface area contributed by atoms with Gasteiger partial charge in [-0.15, -0.1) is 0 Å². The second kappa shape index (κ2) is 4.49. The molecule has 1 heteroatoms. The van der Waals surface area contributed by atoms with E-state index in [9.17, 15) is 0 Å². The van der Waals surface area contributed by atoms with Crippen LogP contribution in [0.3, 0.4) is 0 Å². The van der Waals surface area contributed by atoms with E-state index in [2.05, 4.69) is 50.3 Å².